The topological polar surface area (TPSA) is 70.6 Å². The molecule has 1 N–H and O–H groups in total. The van der Waals surface area contributed by atoms with Gasteiger partial charge in [-0.2, -0.15) is 5.10 Å². The molecule has 5 rings (SSSR count). The Morgan fingerprint density at radius 2 is 2.00 bits per heavy atom. The highest BCUT2D eigenvalue weighted by Crippen LogP contribution is 2.29. The van der Waals surface area contributed by atoms with Crippen molar-refractivity contribution >= 4 is 22.5 Å². The van der Waals surface area contributed by atoms with Crippen molar-refractivity contribution in [3.63, 3.8) is 0 Å². The number of fused-ring (bicyclic) bond motifs is 1. The molecular formula is C22H21ClN6. The van der Waals surface area contributed by atoms with Crippen molar-refractivity contribution in [3.05, 3.63) is 71.5 Å². The average Bonchev–Trinajstić information content (AvgIpc) is 3.25. The van der Waals surface area contributed by atoms with Gasteiger partial charge in [-0.15, -0.1) is 0 Å². The summed E-state index contributed by atoms with van der Waals surface area (Å²) in [6.07, 6.45) is 7.68. The molecule has 7 heteroatoms. The van der Waals surface area contributed by atoms with Crippen molar-refractivity contribution in [1.82, 2.24) is 30.0 Å². The van der Waals surface area contributed by atoms with E-state index >= 15 is 0 Å². The number of hydrogen-bond acceptors (Lipinski definition) is 5. The van der Waals surface area contributed by atoms with E-state index in [1.165, 1.54) is 5.69 Å². The van der Waals surface area contributed by atoms with Gasteiger partial charge in [0.05, 0.1) is 17.8 Å². The van der Waals surface area contributed by atoms with Crippen molar-refractivity contribution < 1.29 is 0 Å². The number of aromatic amines is 1. The van der Waals surface area contributed by atoms with Gasteiger partial charge in [0.15, 0.2) is 0 Å². The number of aromatic nitrogens is 5. The van der Waals surface area contributed by atoms with Gasteiger partial charge in [-0.05, 0) is 62.3 Å². The zero-order valence-electron chi connectivity index (χ0n) is 15.9. The third-order valence-corrected chi connectivity index (χ3v) is 5.77. The molecule has 0 unspecified atom stereocenters. The largest absolute Gasteiger partial charge is 0.296 e. The SMILES string of the molecule is Clc1ccc2nc(CN3CCC(c4cc(-c5cccnc5)n[nH]4)CC3)ncc2c1. The predicted molar refractivity (Wildman–Crippen MR) is 114 cm³/mol. The number of piperidine rings is 1. The number of rotatable bonds is 4. The highest BCUT2D eigenvalue weighted by Gasteiger charge is 2.23. The molecule has 1 aromatic carbocycles. The van der Waals surface area contributed by atoms with Crippen LogP contribution in [0.4, 0.5) is 0 Å². The fraction of sp³-hybridized carbons (Fsp3) is 0.273. The van der Waals surface area contributed by atoms with Gasteiger partial charge in [0.2, 0.25) is 0 Å². The van der Waals surface area contributed by atoms with Crippen molar-refractivity contribution in [2.24, 2.45) is 0 Å². The van der Waals surface area contributed by atoms with Gasteiger partial charge in [0.25, 0.3) is 0 Å². The Labute approximate surface area is 174 Å². The lowest BCUT2D eigenvalue weighted by Gasteiger charge is -2.30. The lowest BCUT2D eigenvalue weighted by molar-refractivity contribution is 0.199. The van der Waals surface area contributed by atoms with E-state index < -0.39 is 0 Å². The summed E-state index contributed by atoms with van der Waals surface area (Å²) < 4.78 is 0. The minimum Gasteiger partial charge on any atom is -0.296 e. The molecule has 146 valence electrons. The Morgan fingerprint density at radius 3 is 2.83 bits per heavy atom. The molecule has 6 nitrogen and oxygen atoms in total. The highest BCUT2D eigenvalue weighted by molar-refractivity contribution is 6.31. The molecular weight excluding hydrogens is 384 g/mol. The van der Waals surface area contributed by atoms with Crippen LogP contribution < -0.4 is 0 Å². The van der Waals surface area contributed by atoms with E-state index in [0.717, 1.165) is 60.5 Å². The molecule has 0 spiro atoms. The minimum absolute atomic E-state index is 0.504. The zero-order valence-corrected chi connectivity index (χ0v) is 16.7. The first-order valence-electron chi connectivity index (χ1n) is 9.84. The Balaban J connectivity index is 1.22. The lowest BCUT2D eigenvalue weighted by Crippen LogP contribution is -2.33. The molecule has 3 aromatic heterocycles. The summed E-state index contributed by atoms with van der Waals surface area (Å²) in [6, 6.07) is 11.9. The fourth-order valence-corrected chi connectivity index (χ4v) is 4.11. The molecule has 1 aliphatic heterocycles. The number of H-pyrrole nitrogens is 1. The molecule has 0 amide bonds. The summed E-state index contributed by atoms with van der Waals surface area (Å²) in [7, 11) is 0. The smallest absolute Gasteiger partial charge is 0.142 e. The van der Waals surface area contributed by atoms with E-state index in [2.05, 4.69) is 31.1 Å². The second-order valence-corrected chi connectivity index (χ2v) is 7.93. The number of pyridine rings is 1. The van der Waals surface area contributed by atoms with Crippen LogP contribution in [-0.4, -0.2) is 43.1 Å². The lowest BCUT2D eigenvalue weighted by atomic mass is 9.93. The molecule has 0 radical (unpaired) electrons. The summed E-state index contributed by atoms with van der Waals surface area (Å²) in [6.45, 7) is 2.82. The number of benzene rings is 1. The van der Waals surface area contributed by atoms with E-state index in [-0.39, 0.29) is 0 Å². The quantitative estimate of drug-likeness (QED) is 0.544. The minimum atomic E-state index is 0.504. The van der Waals surface area contributed by atoms with E-state index in [1.807, 2.05) is 42.7 Å². The van der Waals surface area contributed by atoms with Crippen LogP contribution in [0.25, 0.3) is 22.2 Å². The van der Waals surface area contributed by atoms with Crippen molar-refractivity contribution in [1.29, 1.82) is 0 Å². The van der Waals surface area contributed by atoms with Crippen LogP contribution in [0.5, 0.6) is 0 Å². The number of nitrogens with one attached hydrogen (secondary N) is 1. The van der Waals surface area contributed by atoms with Crippen LogP contribution in [0.2, 0.25) is 5.02 Å². The third kappa shape index (κ3) is 3.99. The second-order valence-electron chi connectivity index (χ2n) is 7.49. The Kier molecular flexibility index (Phi) is 4.96. The number of likely N-dealkylation sites (tertiary alicyclic amines) is 1. The summed E-state index contributed by atoms with van der Waals surface area (Å²) >= 11 is 6.04. The maximum absolute atomic E-state index is 6.04. The molecule has 0 atom stereocenters. The average molecular weight is 405 g/mol. The van der Waals surface area contributed by atoms with Gasteiger partial charge in [-0.1, -0.05) is 11.6 Å². The van der Waals surface area contributed by atoms with Gasteiger partial charge in [0.1, 0.15) is 5.82 Å². The van der Waals surface area contributed by atoms with Crippen LogP contribution in [0, 0.1) is 0 Å². The van der Waals surface area contributed by atoms with Gasteiger partial charge in [0, 0.05) is 46.2 Å². The van der Waals surface area contributed by atoms with Crippen molar-refractivity contribution in [2.75, 3.05) is 13.1 Å². The van der Waals surface area contributed by atoms with Crippen LogP contribution in [-0.2, 0) is 6.54 Å². The van der Waals surface area contributed by atoms with Gasteiger partial charge < -0.3 is 0 Å². The van der Waals surface area contributed by atoms with Crippen molar-refractivity contribution in [3.8, 4) is 11.3 Å². The highest BCUT2D eigenvalue weighted by atomic mass is 35.5. The maximum Gasteiger partial charge on any atom is 0.142 e. The monoisotopic (exact) mass is 404 g/mol. The van der Waals surface area contributed by atoms with Gasteiger partial charge >= 0.3 is 0 Å². The number of halogens is 1. The molecule has 1 fully saturated rings. The molecule has 1 aliphatic rings. The van der Waals surface area contributed by atoms with Gasteiger partial charge in [-0.25, -0.2) is 9.97 Å². The van der Waals surface area contributed by atoms with Crippen LogP contribution in [0.1, 0.15) is 30.3 Å². The fourth-order valence-electron chi connectivity index (χ4n) is 3.93. The second kappa shape index (κ2) is 7.89. The van der Waals surface area contributed by atoms with E-state index in [1.54, 1.807) is 6.20 Å². The molecule has 4 aromatic rings. The van der Waals surface area contributed by atoms with Crippen LogP contribution in [0.15, 0.2) is 55.0 Å². The molecule has 29 heavy (non-hydrogen) atoms. The van der Waals surface area contributed by atoms with Crippen LogP contribution >= 0.6 is 11.6 Å². The molecule has 0 bridgehead atoms. The Bertz CT molecular complexity index is 1120. The summed E-state index contributed by atoms with van der Waals surface area (Å²) in [5.41, 5.74) is 4.15. The molecule has 0 saturated carbocycles. The molecule has 4 heterocycles. The first-order chi connectivity index (χ1) is 14.2. The van der Waals surface area contributed by atoms with E-state index in [9.17, 15) is 0 Å². The maximum atomic E-state index is 6.04. The number of hydrogen-bond donors (Lipinski definition) is 1. The van der Waals surface area contributed by atoms with Gasteiger partial charge in [-0.3, -0.25) is 15.0 Å². The zero-order chi connectivity index (χ0) is 19.6. The summed E-state index contributed by atoms with van der Waals surface area (Å²) in [4.78, 5) is 15.8. The van der Waals surface area contributed by atoms with E-state index in [0.29, 0.717) is 10.9 Å². The van der Waals surface area contributed by atoms with Crippen molar-refractivity contribution in [2.45, 2.75) is 25.3 Å². The normalized spacial score (nSPS) is 15.8. The first kappa shape index (κ1) is 18.2. The Hall–Kier alpha value is -2.83. The summed E-state index contributed by atoms with van der Waals surface area (Å²) in [5, 5.41) is 9.39. The molecule has 0 aliphatic carbocycles. The summed E-state index contributed by atoms with van der Waals surface area (Å²) in [5.74, 6) is 1.36. The predicted octanol–water partition coefficient (Wildman–Crippen LogP) is 4.45. The van der Waals surface area contributed by atoms with E-state index in [4.69, 9.17) is 16.6 Å². The first-order valence-corrected chi connectivity index (χ1v) is 10.2. The third-order valence-electron chi connectivity index (χ3n) is 5.54. The molecule has 1 saturated heterocycles. The number of nitrogens with zero attached hydrogens (tertiary/aromatic N) is 5. The Morgan fingerprint density at radius 1 is 1.10 bits per heavy atom. The van der Waals surface area contributed by atoms with Crippen LogP contribution in [0.3, 0.4) is 0 Å². The standard InChI is InChI=1S/C22H21ClN6/c23-18-3-4-19-17(10-18)13-25-22(26-19)14-29-8-5-15(6-9-29)20-11-21(28-27-20)16-2-1-7-24-12-16/h1-4,7,10-13,15H,5-6,8-9,14H2,(H,27,28).